The van der Waals surface area contributed by atoms with Gasteiger partial charge in [-0.1, -0.05) is 12.5 Å². The summed E-state index contributed by atoms with van der Waals surface area (Å²) in [5.74, 6) is 1.81. The second-order valence-electron chi connectivity index (χ2n) is 6.82. The first kappa shape index (κ1) is 16.2. The van der Waals surface area contributed by atoms with Crippen molar-refractivity contribution in [1.82, 2.24) is 5.32 Å². The molecule has 0 aliphatic carbocycles. The van der Waals surface area contributed by atoms with Crippen LogP contribution in [-0.2, 0) is 6.42 Å². The Hall–Kier alpha value is -1.22. The lowest BCUT2D eigenvalue weighted by molar-refractivity contribution is 0.297. The van der Waals surface area contributed by atoms with E-state index in [9.17, 15) is 0 Å². The van der Waals surface area contributed by atoms with Gasteiger partial charge in [0.2, 0.25) is 0 Å². The first-order chi connectivity index (χ1) is 10.0. The van der Waals surface area contributed by atoms with Crippen LogP contribution < -0.4 is 14.8 Å². The summed E-state index contributed by atoms with van der Waals surface area (Å²) in [6.45, 7) is 9.26. The maximum atomic E-state index is 5.74. The van der Waals surface area contributed by atoms with Crippen molar-refractivity contribution >= 4 is 0 Å². The molecule has 0 bridgehead atoms. The maximum absolute atomic E-state index is 5.74. The molecule has 0 atom stereocenters. The van der Waals surface area contributed by atoms with Crippen molar-refractivity contribution in [3.05, 3.63) is 23.8 Å². The van der Waals surface area contributed by atoms with E-state index < -0.39 is 0 Å². The van der Waals surface area contributed by atoms with Crippen LogP contribution in [0.2, 0.25) is 0 Å². The van der Waals surface area contributed by atoms with Gasteiger partial charge in [0.15, 0.2) is 11.5 Å². The molecule has 1 heterocycles. The molecule has 0 spiro atoms. The zero-order valence-electron chi connectivity index (χ0n) is 13.7. The van der Waals surface area contributed by atoms with Crippen molar-refractivity contribution in [2.24, 2.45) is 0 Å². The van der Waals surface area contributed by atoms with Gasteiger partial charge in [0, 0.05) is 12.0 Å². The van der Waals surface area contributed by atoms with Gasteiger partial charge in [-0.15, -0.1) is 0 Å². The highest BCUT2D eigenvalue weighted by molar-refractivity contribution is 5.43. The highest BCUT2D eigenvalue weighted by atomic mass is 16.5. The predicted molar refractivity (Wildman–Crippen MR) is 87.4 cm³/mol. The Balaban J connectivity index is 1.70. The van der Waals surface area contributed by atoms with Gasteiger partial charge in [-0.3, -0.25) is 0 Å². The first-order valence-corrected chi connectivity index (χ1v) is 8.18. The van der Waals surface area contributed by atoms with Crippen LogP contribution in [0.25, 0.3) is 0 Å². The minimum absolute atomic E-state index is 0.230. The molecule has 2 rings (SSSR count). The van der Waals surface area contributed by atoms with Crippen LogP contribution in [0.4, 0.5) is 0 Å². The summed E-state index contributed by atoms with van der Waals surface area (Å²) in [6.07, 6.45) is 5.81. The standard InChI is InChI=1S/C18H29NO2/c1-18(2,3)19-11-6-4-5-8-15-9-10-16-17(14-15)21-13-7-12-20-16/h9-10,14,19H,4-8,11-13H2,1-3H3. The fourth-order valence-corrected chi connectivity index (χ4v) is 2.46. The molecule has 0 amide bonds. The zero-order chi connectivity index (χ0) is 15.1. The molecule has 3 nitrogen and oxygen atoms in total. The summed E-state index contributed by atoms with van der Waals surface area (Å²) in [6, 6.07) is 6.37. The van der Waals surface area contributed by atoms with E-state index in [0.29, 0.717) is 0 Å². The van der Waals surface area contributed by atoms with Crippen molar-refractivity contribution in [3.8, 4) is 11.5 Å². The van der Waals surface area contributed by atoms with E-state index in [0.717, 1.165) is 44.1 Å². The number of hydrogen-bond donors (Lipinski definition) is 1. The molecule has 3 heteroatoms. The number of fused-ring (bicyclic) bond motifs is 1. The van der Waals surface area contributed by atoms with E-state index in [2.05, 4.69) is 44.3 Å². The summed E-state index contributed by atoms with van der Waals surface area (Å²) in [5.41, 5.74) is 1.58. The highest BCUT2D eigenvalue weighted by Crippen LogP contribution is 2.30. The molecule has 1 aromatic rings. The van der Waals surface area contributed by atoms with Crippen molar-refractivity contribution in [2.45, 2.75) is 58.4 Å². The van der Waals surface area contributed by atoms with E-state index in [1.807, 2.05) is 0 Å². The Bertz CT molecular complexity index is 437. The summed E-state index contributed by atoms with van der Waals surface area (Å²) in [7, 11) is 0. The summed E-state index contributed by atoms with van der Waals surface area (Å²) in [5, 5.41) is 3.53. The molecule has 0 radical (unpaired) electrons. The predicted octanol–water partition coefficient (Wildman–Crippen LogP) is 3.95. The second kappa shape index (κ2) is 7.69. The lowest BCUT2D eigenvalue weighted by Gasteiger charge is -2.20. The molecule has 0 saturated heterocycles. The van der Waals surface area contributed by atoms with Gasteiger partial charge in [0.1, 0.15) is 0 Å². The number of unbranched alkanes of at least 4 members (excludes halogenated alkanes) is 2. The summed E-state index contributed by atoms with van der Waals surface area (Å²) >= 11 is 0. The average Bonchev–Trinajstić information content (AvgIpc) is 2.66. The molecule has 1 N–H and O–H groups in total. The Labute approximate surface area is 129 Å². The quantitative estimate of drug-likeness (QED) is 0.805. The number of nitrogens with one attached hydrogen (secondary N) is 1. The van der Waals surface area contributed by atoms with Crippen molar-refractivity contribution in [2.75, 3.05) is 19.8 Å². The van der Waals surface area contributed by atoms with Gasteiger partial charge >= 0.3 is 0 Å². The SMILES string of the molecule is CC(C)(C)NCCCCCc1ccc2c(c1)OCCCO2. The van der Waals surface area contributed by atoms with Gasteiger partial charge in [0.25, 0.3) is 0 Å². The molecule has 0 aromatic heterocycles. The smallest absolute Gasteiger partial charge is 0.161 e. The molecule has 0 fully saturated rings. The third-order valence-electron chi connectivity index (χ3n) is 3.61. The lowest BCUT2D eigenvalue weighted by atomic mass is 10.1. The van der Waals surface area contributed by atoms with Crippen molar-refractivity contribution < 1.29 is 9.47 Å². The molecule has 1 aliphatic rings. The second-order valence-corrected chi connectivity index (χ2v) is 6.82. The van der Waals surface area contributed by atoms with E-state index in [-0.39, 0.29) is 5.54 Å². The molecule has 0 saturated carbocycles. The van der Waals surface area contributed by atoms with Gasteiger partial charge in [-0.25, -0.2) is 0 Å². The normalized spacial score (nSPS) is 14.8. The Morgan fingerprint density at radius 3 is 2.52 bits per heavy atom. The van der Waals surface area contributed by atoms with Gasteiger partial charge in [-0.2, -0.15) is 0 Å². The van der Waals surface area contributed by atoms with Crippen LogP contribution >= 0.6 is 0 Å². The molecular formula is C18H29NO2. The van der Waals surface area contributed by atoms with E-state index in [4.69, 9.17) is 9.47 Å². The third-order valence-corrected chi connectivity index (χ3v) is 3.61. The number of ether oxygens (including phenoxy) is 2. The summed E-state index contributed by atoms with van der Waals surface area (Å²) < 4.78 is 11.4. The number of benzene rings is 1. The van der Waals surface area contributed by atoms with Gasteiger partial charge in [0.05, 0.1) is 13.2 Å². The topological polar surface area (TPSA) is 30.5 Å². The minimum atomic E-state index is 0.230. The zero-order valence-corrected chi connectivity index (χ0v) is 13.7. The minimum Gasteiger partial charge on any atom is -0.490 e. The number of aryl methyl sites for hydroxylation is 1. The highest BCUT2D eigenvalue weighted by Gasteiger charge is 2.10. The Morgan fingerprint density at radius 2 is 1.76 bits per heavy atom. The van der Waals surface area contributed by atoms with Crippen molar-refractivity contribution in [1.29, 1.82) is 0 Å². The van der Waals surface area contributed by atoms with Crippen LogP contribution in [0, 0.1) is 0 Å². The molecular weight excluding hydrogens is 262 g/mol. The van der Waals surface area contributed by atoms with Gasteiger partial charge in [-0.05, 0) is 64.3 Å². The van der Waals surface area contributed by atoms with Crippen LogP contribution in [0.1, 0.15) is 52.0 Å². The molecule has 0 unspecified atom stereocenters. The summed E-state index contributed by atoms with van der Waals surface area (Å²) in [4.78, 5) is 0. The Kier molecular flexibility index (Phi) is 5.92. The van der Waals surface area contributed by atoms with Crippen molar-refractivity contribution in [3.63, 3.8) is 0 Å². The monoisotopic (exact) mass is 291 g/mol. The number of hydrogen-bond acceptors (Lipinski definition) is 3. The van der Waals surface area contributed by atoms with Crippen LogP contribution in [0.5, 0.6) is 11.5 Å². The molecule has 21 heavy (non-hydrogen) atoms. The van der Waals surface area contributed by atoms with Gasteiger partial charge < -0.3 is 14.8 Å². The molecule has 1 aliphatic heterocycles. The fraction of sp³-hybridized carbons (Fsp3) is 0.667. The third kappa shape index (κ3) is 5.96. The first-order valence-electron chi connectivity index (χ1n) is 8.18. The van der Waals surface area contributed by atoms with E-state index in [1.165, 1.54) is 24.8 Å². The Morgan fingerprint density at radius 1 is 1.00 bits per heavy atom. The largest absolute Gasteiger partial charge is 0.490 e. The average molecular weight is 291 g/mol. The van der Waals surface area contributed by atoms with E-state index in [1.54, 1.807) is 0 Å². The van der Waals surface area contributed by atoms with Crippen LogP contribution in [0.15, 0.2) is 18.2 Å². The van der Waals surface area contributed by atoms with Crippen LogP contribution in [-0.4, -0.2) is 25.3 Å². The lowest BCUT2D eigenvalue weighted by Crippen LogP contribution is -2.36. The molecule has 1 aromatic carbocycles. The fourth-order valence-electron chi connectivity index (χ4n) is 2.46. The van der Waals surface area contributed by atoms with E-state index >= 15 is 0 Å². The maximum Gasteiger partial charge on any atom is 0.161 e. The van der Waals surface area contributed by atoms with Crippen LogP contribution in [0.3, 0.4) is 0 Å². The number of rotatable bonds is 6. The molecule has 118 valence electrons.